The van der Waals surface area contributed by atoms with Gasteiger partial charge in [0.15, 0.2) is 5.82 Å². The Labute approximate surface area is 120 Å². The highest BCUT2D eigenvalue weighted by Gasteiger charge is 2.20. The maximum atomic E-state index is 11.6. The van der Waals surface area contributed by atoms with E-state index in [-0.39, 0.29) is 17.4 Å². The highest BCUT2D eigenvalue weighted by atomic mass is 16.5. The summed E-state index contributed by atoms with van der Waals surface area (Å²) in [6.07, 6.45) is 2.59. The number of aryl methyl sites for hydroxylation is 1. The van der Waals surface area contributed by atoms with Gasteiger partial charge < -0.3 is 15.6 Å². The Morgan fingerprint density at radius 2 is 2.15 bits per heavy atom. The van der Waals surface area contributed by atoms with E-state index in [1.165, 1.54) is 0 Å². The smallest absolute Gasteiger partial charge is 0.226 e. The highest BCUT2D eigenvalue weighted by molar-refractivity contribution is 5.75. The molecule has 6 nitrogen and oxygen atoms in total. The number of hydrogen-bond acceptors (Lipinski definition) is 5. The standard InChI is InChI=1S/C14H26N4O2/c1-10(15)8-9-16-11(19)6-5-7-12-17-13(18-20-12)14(2,3)4/h10H,5-9,15H2,1-4H3,(H,16,19). The molecule has 1 amide bonds. The van der Waals surface area contributed by atoms with Crippen LogP contribution in [0.2, 0.25) is 0 Å². The molecule has 0 aliphatic heterocycles. The van der Waals surface area contributed by atoms with E-state index >= 15 is 0 Å². The minimum Gasteiger partial charge on any atom is -0.356 e. The normalized spacial score (nSPS) is 13.2. The first-order chi connectivity index (χ1) is 9.29. The molecule has 1 aromatic rings. The van der Waals surface area contributed by atoms with Crippen molar-refractivity contribution < 1.29 is 9.32 Å². The van der Waals surface area contributed by atoms with Gasteiger partial charge in [0.25, 0.3) is 0 Å². The Kier molecular flexibility index (Phi) is 6.13. The fourth-order valence-corrected chi connectivity index (χ4v) is 1.59. The molecule has 0 spiro atoms. The lowest BCUT2D eigenvalue weighted by atomic mass is 9.96. The molecule has 0 aliphatic rings. The van der Waals surface area contributed by atoms with Gasteiger partial charge in [-0.05, 0) is 19.8 Å². The number of nitrogens with zero attached hydrogens (tertiary/aromatic N) is 2. The average Bonchev–Trinajstić information content (AvgIpc) is 2.77. The Balaban J connectivity index is 2.24. The Hall–Kier alpha value is -1.43. The SMILES string of the molecule is CC(N)CCNC(=O)CCCc1nc(C(C)(C)C)no1. The fourth-order valence-electron chi connectivity index (χ4n) is 1.59. The summed E-state index contributed by atoms with van der Waals surface area (Å²) in [6, 6.07) is 0.115. The lowest BCUT2D eigenvalue weighted by molar-refractivity contribution is -0.121. The third-order valence-corrected chi connectivity index (χ3v) is 2.86. The number of nitrogens with one attached hydrogen (secondary N) is 1. The van der Waals surface area contributed by atoms with Crippen molar-refractivity contribution in [3.8, 4) is 0 Å². The molecular weight excluding hydrogens is 256 g/mol. The molecule has 6 heteroatoms. The van der Waals surface area contributed by atoms with E-state index in [9.17, 15) is 4.79 Å². The van der Waals surface area contributed by atoms with Gasteiger partial charge in [0.2, 0.25) is 11.8 Å². The van der Waals surface area contributed by atoms with Crippen LogP contribution in [0.5, 0.6) is 0 Å². The minimum absolute atomic E-state index is 0.0428. The summed E-state index contributed by atoms with van der Waals surface area (Å²) in [4.78, 5) is 15.9. The second-order valence-corrected chi connectivity index (χ2v) is 6.23. The molecule has 0 aromatic carbocycles. The predicted octanol–water partition coefficient (Wildman–Crippen LogP) is 1.54. The van der Waals surface area contributed by atoms with Gasteiger partial charge in [0.05, 0.1) is 0 Å². The summed E-state index contributed by atoms with van der Waals surface area (Å²) < 4.78 is 5.18. The molecule has 3 N–H and O–H groups in total. The molecule has 20 heavy (non-hydrogen) atoms. The first kappa shape index (κ1) is 16.6. The van der Waals surface area contributed by atoms with Crippen LogP contribution >= 0.6 is 0 Å². The summed E-state index contributed by atoms with van der Waals surface area (Å²) in [5.74, 6) is 1.34. The first-order valence-corrected chi connectivity index (χ1v) is 7.14. The van der Waals surface area contributed by atoms with Crippen LogP contribution in [0.3, 0.4) is 0 Å². The molecule has 0 radical (unpaired) electrons. The molecule has 1 heterocycles. The summed E-state index contributed by atoms with van der Waals surface area (Å²) in [5, 5.41) is 6.80. The number of carbonyl (C=O) groups excluding carboxylic acids is 1. The second kappa shape index (κ2) is 7.38. The minimum atomic E-state index is -0.113. The first-order valence-electron chi connectivity index (χ1n) is 7.14. The molecule has 0 fully saturated rings. The Morgan fingerprint density at radius 3 is 2.70 bits per heavy atom. The van der Waals surface area contributed by atoms with Crippen LogP contribution in [0, 0.1) is 0 Å². The molecule has 0 aliphatic carbocycles. The van der Waals surface area contributed by atoms with E-state index in [0.717, 1.165) is 6.42 Å². The van der Waals surface area contributed by atoms with Crippen LogP contribution in [0.25, 0.3) is 0 Å². The predicted molar refractivity (Wildman–Crippen MR) is 77.2 cm³/mol. The quantitative estimate of drug-likeness (QED) is 0.791. The monoisotopic (exact) mass is 282 g/mol. The van der Waals surface area contributed by atoms with Gasteiger partial charge in [-0.15, -0.1) is 0 Å². The van der Waals surface area contributed by atoms with Gasteiger partial charge in [0, 0.05) is 30.8 Å². The molecule has 0 saturated heterocycles. The zero-order valence-electron chi connectivity index (χ0n) is 12.9. The van der Waals surface area contributed by atoms with Crippen molar-refractivity contribution in [2.24, 2.45) is 5.73 Å². The molecule has 1 rings (SSSR count). The number of hydrogen-bond donors (Lipinski definition) is 2. The molecular formula is C14H26N4O2. The van der Waals surface area contributed by atoms with Gasteiger partial charge in [-0.2, -0.15) is 4.98 Å². The zero-order chi connectivity index (χ0) is 15.2. The summed E-state index contributed by atoms with van der Waals surface area (Å²) in [5.41, 5.74) is 5.50. The van der Waals surface area contributed by atoms with Crippen molar-refractivity contribution in [2.75, 3.05) is 6.54 Å². The van der Waals surface area contributed by atoms with E-state index < -0.39 is 0 Å². The van der Waals surface area contributed by atoms with Gasteiger partial charge in [-0.1, -0.05) is 25.9 Å². The third-order valence-electron chi connectivity index (χ3n) is 2.86. The van der Waals surface area contributed by atoms with Crippen LogP contribution in [-0.2, 0) is 16.6 Å². The van der Waals surface area contributed by atoms with Crippen LogP contribution < -0.4 is 11.1 Å². The van der Waals surface area contributed by atoms with Gasteiger partial charge in [-0.3, -0.25) is 4.79 Å². The van der Waals surface area contributed by atoms with Crippen molar-refractivity contribution in [3.05, 3.63) is 11.7 Å². The molecule has 1 aromatic heterocycles. The fraction of sp³-hybridized carbons (Fsp3) is 0.786. The van der Waals surface area contributed by atoms with Gasteiger partial charge in [0.1, 0.15) is 0 Å². The Bertz CT molecular complexity index is 421. The molecule has 1 unspecified atom stereocenters. The van der Waals surface area contributed by atoms with E-state index in [1.807, 2.05) is 27.7 Å². The number of nitrogens with two attached hydrogens (primary N) is 1. The summed E-state index contributed by atoms with van der Waals surface area (Å²) in [7, 11) is 0. The van der Waals surface area contributed by atoms with Crippen LogP contribution in [0.1, 0.15) is 58.7 Å². The van der Waals surface area contributed by atoms with Crippen molar-refractivity contribution in [1.82, 2.24) is 15.5 Å². The highest BCUT2D eigenvalue weighted by Crippen LogP contribution is 2.18. The van der Waals surface area contributed by atoms with E-state index in [1.54, 1.807) is 0 Å². The average molecular weight is 282 g/mol. The summed E-state index contributed by atoms with van der Waals surface area (Å²) >= 11 is 0. The molecule has 0 bridgehead atoms. The third kappa shape index (κ3) is 6.14. The second-order valence-electron chi connectivity index (χ2n) is 6.23. The maximum absolute atomic E-state index is 11.6. The van der Waals surface area contributed by atoms with E-state index in [2.05, 4.69) is 15.5 Å². The van der Waals surface area contributed by atoms with Crippen LogP contribution in [0.4, 0.5) is 0 Å². The topological polar surface area (TPSA) is 94.0 Å². The van der Waals surface area contributed by atoms with Crippen molar-refractivity contribution in [2.45, 2.75) is 64.8 Å². The molecule has 0 saturated carbocycles. The van der Waals surface area contributed by atoms with E-state index in [0.29, 0.717) is 37.5 Å². The number of rotatable bonds is 7. The number of amides is 1. The van der Waals surface area contributed by atoms with Gasteiger partial charge in [-0.25, -0.2) is 0 Å². The van der Waals surface area contributed by atoms with Crippen molar-refractivity contribution in [1.29, 1.82) is 0 Å². The van der Waals surface area contributed by atoms with Gasteiger partial charge >= 0.3 is 0 Å². The number of carbonyl (C=O) groups is 1. The lowest BCUT2D eigenvalue weighted by Gasteiger charge is -2.10. The van der Waals surface area contributed by atoms with Crippen molar-refractivity contribution in [3.63, 3.8) is 0 Å². The molecule has 1 atom stereocenters. The largest absolute Gasteiger partial charge is 0.356 e. The Morgan fingerprint density at radius 1 is 1.45 bits per heavy atom. The summed E-state index contributed by atoms with van der Waals surface area (Å²) in [6.45, 7) is 8.66. The van der Waals surface area contributed by atoms with Crippen LogP contribution in [-0.4, -0.2) is 28.6 Å². The zero-order valence-corrected chi connectivity index (χ0v) is 12.9. The lowest BCUT2D eigenvalue weighted by Crippen LogP contribution is -2.28. The number of aromatic nitrogens is 2. The van der Waals surface area contributed by atoms with E-state index in [4.69, 9.17) is 10.3 Å². The maximum Gasteiger partial charge on any atom is 0.226 e. The van der Waals surface area contributed by atoms with Crippen LogP contribution in [0.15, 0.2) is 4.52 Å². The van der Waals surface area contributed by atoms with Crippen molar-refractivity contribution >= 4 is 5.91 Å². The molecule has 114 valence electrons.